The smallest absolute Gasteiger partial charge is 0.305 e. The van der Waals surface area contributed by atoms with E-state index in [0.29, 0.717) is 0 Å². The maximum Gasteiger partial charge on any atom is 0.305 e. The first kappa shape index (κ1) is 21.1. The number of halogens is 1. The topological polar surface area (TPSA) is 108 Å². The fourth-order valence-corrected chi connectivity index (χ4v) is 9.62. The molecule has 1 saturated heterocycles. The number of nitrogens with zero attached hydrogens (tertiary/aromatic N) is 1. The summed E-state index contributed by atoms with van der Waals surface area (Å²) in [5.41, 5.74) is 0.919. The Bertz CT molecular complexity index is 1220. The number of nitrogens with one attached hydrogen (secondary N) is 1. The zero-order chi connectivity index (χ0) is 23.0. The van der Waals surface area contributed by atoms with Gasteiger partial charge in [-0.1, -0.05) is 23.5 Å². The highest BCUT2D eigenvalue weighted by molar-refractivity contribution is 8.00. The Morgan fingerprint density at radius 2 is 1.82 bits per heavy atom. The lowest BCUT2D eigenvalue weighted by Crippen LogP contribution is -2.42. The summed E-state index contributed by atoms with van der Waals surface area (Å²) in [6.07, 6.45) is 0.954. The maximum atomic E-state index is 13.7. The summed E-state index contributed by atoms with van der Waals surface area (Å²) in [4.78, 5) is 54.7. The first-order valence-corrected chi connectivity index (χ1v) is 12.8. The van der Waals surface area contributed by atoms with Crippen LogP contribution in [0.4, 0.5) is 4.39 Å². The van der Waals surface area contributed by atoms with Gasteiger partial charge in [0.1, 0.15) is 5.82 Å². The van der Waals surface area contributed by atoms with E-state index >= 15 is 0 Å². The highest BCUT2D eigenvalue weighted by Crippen LogP contribution is 2.68. The minimum Gasteiger partial charge on any atom is -0.481 e. The number of aromatic nitrogens is 1. The number of aromatic amines is 1. The fourth-order valence-electron chi connectivity index (χ4n) is 6.73. The number of thiazole rings is 1. The molecule has 2 aromatic rings. The number of carboxylic acid groups (broad SMARTS) is 1. The van der Waals surface area contributed by atoms with Crippen molar-refractivity contribution >= 4 is 40.9 Å². The van der Waals surface area contributed by atoms with Crippen LogP contribution in [0.15, 0.2) is 34.1 Å². The van der Waals surface area contributed by atoms with E-state index in [1.807, 2.05) is 0 Å². The van der Waals surface area contributed by atoms with Gasteiger partial charge in [-0.05, 0) is 48.3 Å². The summed E-state index contributed by atoms with van der Waals surface area (Å²) in [6.45, 7) is 0.140. The SMILES string of the molecule is O=C(O)CCCN1C(=O)[C@H]2[C@@H]3C[C@@H]([C@@H]2C1=O)[C@H]1[C@@H](c2ccc(F)cc2)c2sc(=O)[nH]c2S[C@H]31. The summed E-state index contributed by atoms with van der Waals surface area (Å²) >= 11 is 2.78. The number of carboxylic acids is 1. The third-order valence-electron chi connectivity index (χ3n) is 7.82. The molecule has 0 radical (unpaired) electrons. The average molecular weight is 489 g/mol. The maximum absolute atomic E-state index is 13.7. The van der Waals surface area contributed by atoms with E-state index in [9.17, 15) is 23.6 Å². The number of benzene rings is 1. The van der Waals surface area contributed by atoms with Crippen molar-refractivity contribution in [1.29, 1.82) is 0 Å². The van der Waals surface area contributed by atoms with Crippen molar-refractivity contribution in [2.45, 2.75) is 35.5 Å². The number of likely N-dealkylation sites (tertiary alicyclic amines) is 1. The van der Waals surface area contributed by atoms with E-state index in [2.05, 4.69) is 4.98 Å². The number of imide groups is 1. The number of H-pyrrole nitrogens is 1. The molecule has 2 aliphatic heterocycles. The number of fused-ring (bicyclic) bond motifs is 9. The molecular formula is C23H21FN2O5S2. The Balaban J connectivity index is 1.37. The Kier molecular flexibility index (Phi) is 4.81. The summed E-state index contributed by atoms with van der Waals surface area (Å²) in [6, 6.07) is 6.35. The van der Waals surface area contributed by atoms with Gasteiger partial charge in [0, 0.05) is 29.0 Å². The molecule has 172 valence electrons. The number of rotatable bonds is 5. The Morgan fingerprint density at radius 1 is 1.12 bits per heavy atom. The van der Waals surface area contributed by atoms with Crippen LogP contribution in [0.25, 0.3) is 0 Å². The van der Waals surface area contributed by atoms with Crippen LogP contribution in [0.2, 0.25) is 0 Å². The monoisotopic (exact) mass is 488 g/mol. The van der Waals surface area contributed by atoms with Gasteiger partial charge in [-0.2, -0.15) is 0 Å². The molecular weight excluding hydrogens is 467 g/mol. The molecule has 1 aromatic carbocycles. The lowest BCUT2D eigenvalue weighted by atomic mass is 9.68. The molecule has 10 heteroatoms. The quantitative estimate of drug-likeness (QED) is 0.627. The molecule has 0 unspecified atom stereocenters. The molecule has 3 heterocycles. The second kappa shape index (κ2) is 7.53. The lowest BCUT2D eigenvalue weighted by Gasteiger charge is -2.43. The first-order valence-electron chi connectivity index (χ1n) is 11.1. The largest absolute Gasteiger partial charge is 0.481 e. The third kappa shape index (κ3) is 3.06. The fraction of sp³-hybridized carbons (Fsp3) is 0.478. The van der Waals surface area contributed by atoms with Crippen LogP contribution in [0, 0.1) is 35.4 Å². The van der Waals surface area contributed by atoms with Crippen LogP contribution in [0.5, 0.6) is 0 Å². The number of amides is 2. The molecule has 1 aromatic heterocycles. The summed E-state index contributed by atoms with van der Waals surface area (Å²) in [5.74, 6) is -2.44. The van der Waals surface area contributed by atoms with Gasteiger partial charge >= 0.3 is 10.8 Å². The van der Waals surface area contributed by atoms with E-state index < -0.39 is 11.9 Å². The predicted molar refractivity (Wildman–Crippen MR) is 118 cm³/mol. The first-order chi connectivity index (χ1) is 15.8. The highest BCUT2D eigenvalue weighted by atomic mass is 32.2. The predicted octanol–water partition coefficient (Wildman–Crippen LogP) is 2.91. The second-order valence-corrected chi connectivity index (χ2v) is 11.5. The summed E-state index contributed by atoms with van der Waals surface area (Å²) in [5, 5.41) is 9.82. The third-order valence-corrected chi connectivity index (χ3v) is 10.4. The Hall–Kier alpha value is -2.46. The van der Waals surface area contributed by atoms with Crippen molar-refractivity contribution in [3.63, 3.8) is 0 Å². The zero-order valence-corrected chi connectivity index (χ0v) is 19.0. The van der Waals surface area contributed by atoms with Gasteiger partial charge in [0.15, 0.2) is 0 Å². The number of carbonyl (C=O) groups is 3. The van der Waals surface area contributed by atoms with Crippen molar-refractivity contribution in [2.24, 2.45) is 29.6 Å². The van der Waals surface area contributed by atoms with Crippen molar-refractivity contribution in [1.82, 2.24) is 9.88 Å². The number of aliphatic carboxylic acids is 1. The molecule has 3 fully saturated rings. The van der Waals surface area contributed by atoms with Crippen LogP contribution in [0.3, 0.4) is 0 Å². The average Bonchev–Trinajstić information content (AvgIpc) is 3.49. The molecule has 7 nitrogen and oxygen atoms in total. The molecule has 2 saturated carbocycles. The van der Waals surface area contributed by atoms with Gasteiger partial charge in [-0.3, -0.25) is 24.1 Å². The van der Waals surface area contributed by atoms with Gasteiger partial charge < -0.3 is 10.1 Å². The highest BCUT2D eigenvalue weighted by Gasteiger charge is 2.69. The summed E-state index contributed by atoms with van der Waals surface area (Å²) in [7, 11) is 0. The molecule has 2 amide bonds. The van der Waals surface area contributed by atoms with Gasteiger partial charge in [-0.25, -0.2) is 4.39 Å². The van der Waals surface area contributed by atoms with Crippen LogP contribution in [-0.2, 0) is 14.4 Å². The van der Waals surface area contributed by atoms with E-state index in [-0.39, 0.29) is 76.7 Å². The number of hydrogen-bond donors (Lipinski definition) is 2. The molecule has 2 N–H and O–H groups in total. The Labute approximate surface area is 196 Å². The van der Waals surface area contributed by atoms with Gasteiger partial charge in [-0.15, -0.1) is 11.8 Å². The van der Waals surface area contributed by atoms with Crippen LogP contribution >= 0.6 is 23.1 Å². The normalized spacial score (nSPS) is 33.8. The van der Waals surface area contributed by atoms with E-state index in [0.717, 1.165) is 21.9 Å². The van der Waals surface area contributed by atoms with Gasteiger partial charge in [0.05, 0.1) is 16.9 Å². The number of carbonyl (C=O) groups excluding carboxylic acids is 2. The van der Waals surface area contributed by atoms with Crippen molar-refractivity contribution < 1.29 is 23.9 Å². The van der Waals surface area contributed by atoms with E-state index in [1.54, 1.807) is 23.9 Å². The number of thioether (sulfide) groups is 1. The standard InChI is InChI=1S/C23H21FN2O5S2/c24-10-5-3-9(4-6-10)14-15-11-8-12(18(15)32-20-19(14)33-23(31)25-20)17-16(11)21(29)26(22(17)30)7-1-2-13(27)28/h3-6,11-12,14-18H,1-2,7-8H2,(H,25,31)(H,27,28)/t11-,12+,14-,15+,16+,17+,18-/m1/s1. The van der Waals surface area contributed by atoms with Gasteiger partial charge in [0.25, 0.3) is 0 Å². The lowest BCUT2D eigenvalue weighted by molar-refractivity contribution is -0.142. The molecule has 2 bridgehead atoms. The number of hydrogen-bond acceptors (Lipinski definition) is 6. The molecule has 2 aliphatic carbocycles. The molecule has 0 spiro atoms. The molecule has 6 rings (SSSR count). The van der Waals surface area contributed by atoms with Gasteiger partial charge in [0.2, 0.25) is 11.8 Å². The van der Waals surface area contributed by atoms with Crippen LogP contribution in [0.1, 0.15) is 35.6 Å². The van der Waals surface area contributed by atoms with Crippen LogP contribution < -0.4 is 4.87 Å². The van der Waals surface area contributed by atoms with Crippen LogP contribution in [-0.4, -0.2) is 44.6 Å². The minimum absolute atomic E-state index is 0.00108. The van der Waals surface area contributed by atoms with E-state index in [1.165, 1.54) is 28.4 Å². The molecule has 7 atom stereocenters. The zero-order valence-electron chi connectivity index (χ0n) is 17.4. The van der Waals surface area contributed by atoms with Crippen molar-refractivity contribution in [3.8, 4) is 0 Å². The molecule has 33 heavy (non-hydrogen) atoms. The van der Waals surface area contributed by atoms with Crippen molar-refractivity contribution in [3.05, 3.63) is 50.2 Å². The second-order valence-electron chi connectivity index (χ2n) is 9.34. The minimum atomic E-state index is -0.945. The Morgan fingerprint density at radius 3 is 2.52 bits per heavy atom. The van der Waals surface area contributed by atoms with Crippen molar-refractivity contribution in [2.75, 3.05) is 6.54 Å². The van der Waals surface area contributed by atoms with E-state index in [4.69, 9.17) is 5.11 Å². The molecule has 4 aliphatic rings. The summed E-state index contributed by atoms with van der Waals surface area (Å²) < 4.78 is 13.7.